The minimum absolute atomic E-state index is 0.196. The zero-order chi connectivity index (χ0) is 17.4. The van der Waals surface area contributed by atoms with Crippen LogP contribution in [-0.2, 0) is 14.0 Å². The Morgan fingerprint density at radius 1 is 1.00 bits per heavy atom. The Morgan fingerprint density at radius 3 is 2.08 bits per heavy atom. The molecule has 0 radical (unpaired) electrons. The van der Waals surface area contributed by atoms with E-state index < -0.39 is 18.3 Å². The van der Waals surface area contributed by atoms with Crippen LogP contribution in [0, 0.1) is 5.92 Å². The summed E-state index contributed by atoms with van der Waals surface area (Å²) in [6.45, 7) is 9.58. The third kappa shape index (κ3) is 3.78. The van der Waals surface area contributed by atoms with E-state index in [0.717, 1.165) is 57.3 Å². The molecule has 2 heterocycles. The highest BCUT2D eigenvalue weighted by Crippen LogP contribution is 2.41. The molecule has 2 aliphatic heterocycles. The van der Waals surface area contributed by atoms with Crippen molar-refractivity contribution >= 4 is 7.12 Å². The van der Waals surface area contributed by atoms with E-state index in [-0.39, 0.29) is 5.73 Å². The molecular weight excluding hydrogens is 306 g/mol. The van der Waals surface area contributed by atoms with Gasteiger partial charge in [0.15, 0.2) is 0 Å². The predicted octanol–water partition coefficient (Wildman–Crippen LogP) is 4.77. The second-order valence-corrected chi connectivity index (χ2v) is 8.31. The maximum absolute atomic E-state index is 14.9. The molecule has 24 heavy (non-hydrogen) atoms. The highest BCUT2D eigenvalue weighted by Gasteiger charge is 2.53. The first kappa shape index (κ1) is 18.2. The van der Waals surface area contributed by atoms with Crippen molar-refractivity contribution in [2.24, 2.45) is 5.92 Å². The van der Waals surface area contributed by atoms with Gasteiger partial charge >= 0.3 is 7.12 Å². The number of hydrogen-bond acceptors (Lipinski definition) is 3. The van der Waals surface area contributed by atoms with E-state index in [9.17, 15) is 4.39 Å². The van der Waals surface area contributed by atoms with Gasteiger partial charge in [0, 0.05) is 13.2 Å². The molecule has 134 valence electrons. The molecule has 1 aliphatic carbocycles. The van der Waals surface area contributed by atoms with Crippen molar-refractivity contribution in [3.05, 3.63) is 22.9 Å². The van der Waals surface area contributed by atoms with E-state index in [4.69, 9.17) is 14.0 Å². The molecule has 5 heteroatoms. The molecule has 0 aromatic carbocycles. The minimum atomic E-state index is -0.842. The highest BCUT2D eigenvalue weighted by atomic mass is 19.1. The van der Waals surface area contributed by atoms with Gasteiger partial charge in [-0.1, -0.05) is 11.6 Å². The number of allylic oxidation sites excluding steroid dienone is 3. The summed E-state index contributed by atoms with van der Waals surface area (Å²) in [6, 6.07) is 0. The smallest absolute Gasteiger partial charge is 0.398 e. The van der Waals surface area contributed by atoms with E-state index in [1.165, 1.54) is 5.57 Å². The Labute approximate surface area is 145 Å². The van der Waals surface area contributed by atoms with Crippen LogP contribution in [0.5, 0.6) is 0 Å². The Hall–Kier alpha value is -0.645. The van der Waals surface area contributed by atoms with Crippen LogP contribution in [-0.4, -0.2) is 31.5 Å². The first-order valence-corrected chi connectivity index (χ1v) is 9.29. The van der Waals surface area contributed by atoms with Crippen molar-refractivity contribution in [2.45, 2.75) is 77.4 Å². The van der Waals surface area contributed by atoms with E-state index >= 15 is 0 Å². The maximum Gasteiger partial charge on any atom is 0.525 e. The number of ether oxygens (including phenoxy) is 1. The van der Waals surface area contributed by atoms with Gasteiger partial charge < -0.3 is 14.0 Å². The number of rotatable bonds is 2. The Bertz CT molecular complexity index is 505. The zero-order valence-electron chi connectivity index (χ0n) is 15.5. The van der Waals surface area contributed by atoms with Crippen molar-refractivity contribution in [1.29, 1.82) is 0 Å². The summed E-state index contributed by atoms with van der Waals surface area (Å²) in [4.78, 5) is 0. The Morgan fingerprint density at radius 2 is 1.54 bits per heavy atom. The molecule has 3 aliphatic rings. The van der Waals surface area contributed by atoms with Crippen LogP contribution in [0.4, 0.5) is 4.39 Å². The molecule has 0 bridgehead atoms. The average molecular weight is 336 g/mol. The minimum Gasteiger partial charge on any atom is -0.398 e. The summed E-state index contributed by atoms with van der Waals surface area (Å²) in [6.07, 6.45) is 8.14. The second kappa shape index (κ2) is 6.93. The van der Waals surface area contributed by atoms with Crippen LogP contribution < -0.4 is 0 Å². The van der Waals surface area contributed by atoms with Crippen molar-refractivity contribution in [3.8, 4) is 0 Å². The van der Waals surface area contributed by atoms with Gasteiger partial charge in [-0.2, -0.15) is 0 Å². The van der Waals surface area contributed by atoms with Crippen LogP contribution >= 0.6 is 0 Å². The number of hydrogen-bond donors (Lipinski definition) is 0. The largest absolute Gasteiger partial charge is 0.525 e. The molecule has 3 nitrogen and oxygen atoms in total. The summed E-state index contributed by atoms with van der Waals surface area (Å²) in [5.41, 5.74) is 1.18. The fourth-order valence-electron chi connectivity index (χ4n) is 3.61. The highest BCUT2D eigenvalue weighted by molar-refractivity contribution is 6.53. The van der Waals surface area contributed by atoms with Gasteiger partial charge in [0.2, 0.25) is 0 Å². The fraction of sp³-hybridized carbons (Fsp3) is 0.789. The first-order chi connectivity index (χ1) is 11.3. The second-order valence-electron chi connectivity index (χ2n) is 8.31. The lowest BCUT2D eigenvalue weighted by atomic mass is 9.78. The monoisotopic (exact) mass is 336 g/mol. The molecule has 0 aromatic rings. The SMILES string of the molecule is CC1(C)OB(C(F)=C2CCC(=CC3CCOCC3)CC2)OC1(C)C. The van der Waals surface area contributed by atoms with E-state index in [0.29, 0.717) is 5.92 Å². The molecule has 3 fully saturated rings. The van der Waals surface area contributed by atoms with Crippen LogP contribution in [0.3, 0.4) is 0 Å². The molecule has 0 spiro atoms. The van der Waals surface area contributed by atoms with Gasteiger partial charge in [-0.3, -0.25) is 0 Å². The van der Waals surface area contributed by atoms with E-state index in [1.54, 1.807) is 0 Å². The molecule has 3 rings (SSSR count). The van der Waals surface area contributed by atoms with Crippen molar-refractivity contribution in [3.63, 3.8) is 0 Å². The molecular formula is C19H30BFO3. The maximum atomic E-state index is 14.9. The van der Waals surface area contributed by atoms with Crippen LogP contribution in [0.25, 0.3) is 0 Å². The van der Waals surface area contributed by atoms with Gasteiger partial charge in [0.1, 0.15) is 5.73 Å². The van der Waals surface area contributed by atoms with Crippen LogP contribution in [0.15, 0.2) is 22.9 Å². The third-order valence-corrected chi connectivity index (χ3v) is 6.03. The quantitative estimate of drug-likeness (QED) is 0.537. The first-order valence-electron chi connectivity index (χ1n) is 9.29. The van der Waals surface area contributed by atoms with Gasteiger partial charge in [-0.25, -0.2) is 4.39 Å². The molecule has 0 amide bonds. The van der Waals surface area contributed by atoms with Gasteiger partial charge in [0.05, 0.1) is 11.2 Å². The Kier molecular flexibility index (Phi) is 5.24. The third-order valence-electron chi connectivity index (χ3n) is 6.03. The van der Waals surface area contributed by atoms with Crippen LogP contribution in [0.1, 0.15) is 66.2 Å². The fourth-order valence-corrected chi connectivity index (χ4v) is 3.61. The number of halogens is 1. The molecule has 0 N–H and O–H groups in total. The normalized spacial score (nSPS) is 27.5. The molecule has 2 saturated heterocycles. The molecule has 0 atom stereocenters. The summed E-state index contributed by atoms with van der Waals surface area (Å²) in [5.74, 6) is 0.646. The predicted molar refractivity (Wildman–Crippen MR) is 94.3 cm³/mol. The van der Waals surface area contributed by atoms with Crippen molar-refractivity contribution in [2.75, 3.05) is 13.2 Å². The van der Waals surface area contributed by atoms with Gasteiger partial charge in [-0.05, 0) is 77.7 Å². The zero-order valence-corrected chi connectivity index (χ0v) is 15.5. The topological polar surface area (TPSA) is 27.7 Å². The summed E-state index contributed by atoms with van der Waals surface area (Å²) < 4.78 is 32.0. The standard InChI is InChI=1S/C19H30BFO3/c1-18(2)19(3,4)24-20(23-18)17(21)16-7-5-14(6-8-16)13-15-9-11-22-12-10-15/h13,15H,5-12H2,1-4H3. The van der Waals surface area contributed by atoms with Gasteiger partial charge in [-0.15, -0.1) is 0 Å². The van der Waals surface area contributed by atoms with E-state index in [2.05, 4.69) is 6.08 Å². The molecule has 0 aromatic heterocycles. The molecule has 0 unspecified atom stereocenters. The van der Waals surface area contributed by atoms with Crippen molar-refractivity contribution in [1.82, 2.24) is 0 Å². The Balaban J connectivity index is 1.61. The van der Waals surface area contributed by atoms with Crippen molar-refractivity contribution < 1.29 is 18.4 Å². The molecule has 1 saturated carbocycles. The lowest BCUT2D eigenvalue weighted by Gasteiger charge is -2.32. The lowest BCUT2D eigenvalue weighted by molar-refractivity contribution is 0.00578. The van der Waals surface area contributed by atoms with Crippen LogP contribution in [0.2, 0.25) is 0 Å². The lowest BCUT2D eigenvalue weighted by Crippen LogP contribution is -2.41. The van der Waals surface area contributed by atoms with Gasteiger partial charge in [0.25, 0.3) is 0 Å². The van der Waals surface area contributed by atoms with E-state index in [1.807, 2.05) is 27.7 Å². The summed E-state index contributed by atoms with van der Waals surface area (Å²) >= 11 is 0. The summed E-state index contributed by atoms with van der Waals surface area (Å²) in [7, 11) is -0.842. The summed E-state index contributed by atoms with van der Waals surface area (Å²) in [5, 5.41) is 0. The average Bonchev–Trinajstić information content (AvgIpc) is 2.76.